The fraction of sp³-hybridized carbons (Fsp3) is 0.545. The number of halogens is 1. The fourth-order valence-corrected chi connectivity index (χ4v) is 4.27. The Morgan fingerprint density at radius 2 is 2.03 bits per heavy atom. The van der Waals surface area contributed by atoms with Gasteiger partial charge in [-0.15, -0.1) is 0 Å². The zero-order chi connectivity index (χ0) is 21.9. The normalized spacial score (nSPS) is 21.0. The first-order valence-electron chi connectivity index (χ1n) is 11.1. The highest BCUT2D eigenvalue weighted by molar-refractivity contribution is 5.84. The minimum absolute atomic E-state index is 0.0827. The van der Waals surface area contributed by atoms with Gasteiger partial charge in [-0.2, -0.15) is 10.1 Å². The van der Waals surface area contributed by atoms with E-state index in [9.17, 15) is 9.18 Å². The second-order valence-corrected chi connectivity index (χ2v) is 9.21. The highest BCUT2D eigenvalue weighted by atomic mass is 19.1. The molecule has 32 heavy (non-hydrogen) atoms. The van der Waals surface area contributed by atoms with E-state index in [4.69, 9.17) is 14.0 Å². The van der Waals surface area contributed by atoms with E-state index in [1.807, 2.05) is 13.0 Å². The van der Waals surface area contributed by atoms with E-state index in [0.717, 1.165) is 25.7 Å². The molecular weight excluding hydrogens is 417 g/mol. The van der Waals surface area contributed by atoms with Gasteiger partial charge >= 0.3 is 6.09 Å². The SMILES string of the molecule is CC1(OC(=O)N2CCC(c3noc(-c4cc(F)c5cnn(C6COC6)c5c4)n3)CC2)CC1. The molecular formula is C22H24FN5O4. The first kappa shape index (κ1) is 19.7. The van der Waals surface area contributed by atoms with Gasteiger partial charge < -0.3 is 18.9 Å². The Hall–Kier alpha value is -3.01. The molecule has 4 heterocycles. The average Bonchev–Trinajstić information content (AvgIpc) is 3.15. The van der Waals surface area contributed by atoms with E-state index in [2.05, 4.69) is 15.2 Å². The number of hydrogen-bond acceptors (Lipinski definition) is 7. The van der Waals surface area contributed by atoms with Crippen LogP contribution < -0.4 is 0 Å². The van der Waals surface area contributed by atoms with E-state index in [0.29, 0.717) is 48.6 Å². The van der Waals surface area contributed by atoms with Gasteiger partial charge in [0.2, 0.25) is 0 Å². The zero-order valence-electron chi connectivity index (χ0n) is 17.8. The number of aromatic nitrogens is 4. The number of nitrogens with zero attached hydrogens (tertiary/aromatic N) is 5. The lowest BCUT2D eigenvalue weighted by Crippen LogP contribution is -2.40. The first-order chi connectivity index (χ1) is 15.5. The van der Waals surface area contributed by atoms with Crippen LogP contribution in [0.5, 0.6) is 0 Å². The van der Waals surface area contributed by atoms with Crippen molar-refractivity contribution in [2.24, 2.45) is 0 Å². The lowest BCUT2D eigenvalue weighted by atomic mass is 9.96. The molecule has 1 amide bonds. The zero-order valence-corrected chi connectivity index (χ0v) is 17.8. The maximum absolute atomic E-state index is 14.7. The van der Waals surface area contributed by atoms with Crippen molar-refractivity contribution in [1.29, 1.82) is 0 Å². The predicted octanol–water partition coefficient (Wildman–Crippen LogP) is 3.67. The monoisotopic (exact) mass is 441 g/mol. The lowest BCUT2D eigenvalue weighted by Gasteiger charge is -2.30. The highest BCUT2D eigenvalue weighted by Crippen LogP contribution is 2.39. The number of benzene rings is 1. The van der Waals surface area contributed by atoms with Crippen molar-refractivity contribution in [2.45, 2.75) is 50.2 Å². The maximum Gasteiger partial charge on any atom is 0.410 e. The molecule has 10 heteroatoms. The Kier molecular flexibility index (Phi) is 4.46. The van der Waals surface area contributed by atoms with Crippen LogP contribution in [-0.4, -0.2) is 62.8 Å². The number of carbonyl (C=O) groups is 1. The Labute approximate surface area is 183 Å². The summed E-state index contributed by atoms with van der Waals surface area (Å²) in [6.45, 7) is 4.28. The number of amides is 1. The summed E-state index contributed by atoms with van der Waals surface area (Å²) < 4.78 is 32.8. The summed E-state index contributed by atoms with van der Waals surface area (Å²) in [4.78, 5) is 18.6. The van der Waals surface area contributed by atoms with E-state index in [1.165, 1.54) is 12.3 Å². The van der Waals surface area contributed by atoms with Gasteiger partial charge in [0, 0.05) is 24.6 Å². The van der Waals surface area contributed by atoms with Gasteiger partial charge in [0.15, 0.2) is 5.82 Å². The van der Waals surface area contributed by atoms with Gasteiger partial charge in [-0.3, -0.25) is 4.68 Å². The third kappa shape index (κ3) is 3.42. The van der Waals surface area contributed by atoms with Gasteiger partial charge in [0.25, 0.3) is 5.89 Å². The summed E-state index contributed by atoms with van der Waals surface area (Å²) in [6, 6.07) is 3.35. The Balaban J connectivity index is 1.18. The Morgan fingerprint density at radius 1 is 1.25 bits per heavy atom. The molecule has 3 aromatic rings. The van der Waals surface area contributed by atoms with Crippen LogP contribution in [0, 0.1) is 5.82 Å². The largest absolute Gasteiger partial charge is 0.443 e. The standard InChI is InChI=1S/C22H24FN5O4/c1-22(4-5-22)31-21(29)27-6-2-13(3-7-27)19-25-20(32-26-19)14-8-17(23)16-10-24-28(18(16)9-14)15-11-30-12-15/h8-10,13,15H,2-7,11-12H2,1H3. The molecule has 2 aromatic heterocycles. The smallest absolute Gasteiger partial charge is 0.410 e. The Morgan fingerprint density at radius 3 is 2.72 bits per heavy atom. The molecule has 3 aliphatic rings. The van der Waals surface area contributed by atoms with Crippen molar-refractivity contribution in [1.82, 2.24) is 24.8 Å². The molecule has 1 saturated carbocycles. The van der Waals surface area contributed by atoms with Crippen molar-refractivity contribution in [3.05, 3.63) is 30.0 Å². The summed E-state index contributed by atoms with van der Waals surface area (Å²) in [5.74, 6) is 0.574. The first-order valence-corrected chi connectivity index (χ1v) is 11.1. The summed E-state index contributed by atoms with van der Waals surface area (Å²) >= 11 is 0. The molecule has 9 nitrogen and oxygen atoms in total. The second kappa shape index (κ2) is 7.26. The minimum atomic E-state index is -0.375. The van der Waals surface area contributed by atoms with Crippen molar-refractivity contribution in [3.8, 4) is 11.5 Å². The summed E-state index contributed by atoms with van der Waals surface area (Å²) in [7, 11) is 0. The second-order valence-electron chi connectivity index (χ2n) is 9.21. The number of rotatable bonds is 4. The molecule has 0 radical (unpaired) electrons. The van der Waals surface area contributed by atoms with Crippen LogP contribution in [0.2, 0.25) is 0 Å². The molecule has 0 bridgehead atoms. The van der Waals surface area contributed by atoms with Crippen molar-refractivity contribution < 1.29 is 23.2 Å². The van der Waals surface area contributed by atoms with Crippen LogP contribution in [0.25, 0.3) is 22.4 Å². The number of ether oxygens (including phenoxy) is 2. The third-order valence-corrected chi connectivity index (χ3v) is 6.73. The fourth-order valence-electron chi connectivity index (χ4n) is 4.27. The minimum Gasteiger partial charge on any atom is -0.443 e. The molecule has 1 aliphatic carbocycles. The van der Waals surface area contributed by atoms with E-state index < -0.39 is 0 Å². The molecule has 6 rings (SSSR count). The van der Waals surface area contributed by atoms with E-state index in [1.54, 1.807) is 9.58 Å². The van der Waals surface area contributed by atoms with Crippen molar-refractivity contribution >= 4 is 17.0 Å². The van der Waals surface area contributed by atoms with Crippen LogP contribution in [-0.2, 0) is 9.47 Å². The van der Waals surface area contributed by atoms with Crippen molar-refractivity contribution in [3.63, 3.8) is 0 Å². The molecule has 0 unspecified atom stereocenters. The van der Waals surface area contributed by atoms with Gasteiger partial charge in [0.05, 0.1) is 36.4 Å². The maximum atomic E-state index is 14.7. The summed E-state index contributed by atoms with van der Waals surface area (Å²) in [5, 5.41) is 8.94. The van der Waals surface area contributed by atoms with E-state index >= 15 is 0 Å². The number of carbonyl (C=O) groups excluding carboxylic acids is 1. The number of piperidine rings is 1. The number of fused-ring (bicyclic) bond motifs is 1. The molecule has 168 valence electrons. The predicted molar refractivity (Wildman–Crippen MR) is 111 cm³/mol. The Bertz CT molecular complexity index is 1170. The summed E-state index contributed by atoms with van der Waals surface area (Å²) in [6.07, 6.45) is 4.62. The molecule has 0 spiro atoms. The lowest BCUT2D eigenvalue weighted by molar-refractivity contribution is -0.0266. The topological polar surface area (TPSA) is 95.5 Å². The molecule has 0 atom stereocenters. The van der Waals surface area contributed by atoms with Gasteiger partial charge in [-0.05, 0) is 44.7 Å². The number of likely N-dealkylation sites (tertiary alicyclic amines) is 1. The van der Waals surface area contributed by atoms with Crippen molar-refractivity contribution in [2.75, 3.05) is 26.3 Å². The average molecular weight is 441 g/mol. The molecule has 2 saturated heterocycles. The van der Waals surface area contributed by atoms with Crippen LogP contribution in [0.1, 0.15) is 50.4 Å². The quantitative estimate of drug-likeness (QED) is 0.610. The van der Waals surface area contributed by atoms with Crippen LogP contribution >= 0.6 is 0 Å². The van der Waals surface area contributed by atoms with E-state index in [-0.39, 0.29) is 35.4 Å². The summed E-state index contributed by atoms with van der Waals surface area (Å²) in [5.41, 5.74) is 0.937. The molecule has 2 aliphatic heterocycles. The van der Waals surface area contributed by atoms with Crippen LogP contribution in [0.15, 0.2) is 22.9 Å². The molecule has 3 fully saturated rings. The van der Waals surface area contributed by atoms with Crippen LogP contribution in [0.3, 0.4) is 0 Å². The van der Waals surface area contributed by atoms with Gasteiger partial charge in [-0.25, -0.2) is 9.18 Å². The third-order valence-electron chi connectivity index (χ3n) is 6.73. The molecule has 0 N–H and O–H groups in total. The van der Waals surface area contributed by atoms with Gasteiger partial charge in [-0.1, -0.05) is 5.16 Å². The molecule has 1 aromatic carbocycles. The highest BCUT2D eigenvalue weighted by Gasteiger charge is 2.43. The van der Waals surface area contributed by atoms with Crippen LogP contribution in [0.4, 0.5) is 9.18 Å². The number of hydrogen-bond donors (Lipinski definition) is 0. The van der Waals surface area contributed by atoms with Gasteiger partial charge in [0.1, 0.15) is 11.4 Å².